The molecule has 34 heavy (non-hydrogen) atoms. The molecule has 0 saturated carbocycles. The van der Waals surface area contributed by atoms with Gasteiger partial charge in [0.15, 0.2) is 0 Å². The van der Waals surface area contributed by atoms with Gasteiger partial charge in [0.1, 0.15) is 17.6 Å². The summed E-state index contributed by atoms with van der Waals surface area (Å²) in [5.74, 6) is 0.866. The number of amides is 1. The van der Waals surface area contributed by atoms with E-state index in [0.29, 0.717) is 22.2 Å². The number of nitrogens with one attached hydrogen (secondary N) is 1. The lowest BCUT2D eigenvalue weighted by molar-refractivity contribution is 0.0891. The van der Waals surface area contributed by atoms with Gasteiger partial charge in [-0.3, -0.25) is 4.79 Å². The quantitative estimate of drug-likeness (QED) is 0.488. The number of pyridine rings is 2. The number of anilines is 1. The molecule has 4 heterocycles. The molecule has 0 aliphatic carbocycles. The molecule has 1 amide bonds. The minimum atomic E-state index is -0.272. The van der Waals surface area contributed by atoms with Crippen LogP contribution in [0.25, 0.3) is 16.6 Å². The Morgan fingerprint density at radius 1 is 1.15 bits per heavy atom. The zero-order chi connectivity index (χ0) is 23.7. The van der Waals surface area contributed by atoms with Gasteiger partial charge in [-0.05, 0) is 50.1 Å². The van der Waals surface area contributed by atoms with E-state index in [0.717, 1.165) is 37.3 Å². The molecule has 1 saturated heterocycles. The predicted octanol–water partition coefficient (Wildman–Crippen LogP) is 3.76. The molecular weight excluding hydrogens is 428 g/mol. The molecule has 170 valence electrons. The Kier molecular flexibility index (Phi) is 5.38. The first-order valence-corrected chi connectivity index (χ1v) is 11.2. The van der Waals surface area contributed by atoms with E-state index in [4.69, 9.17) is 0 Å². The Morgan fingerprint density at radius 3 is 2.59 bits per heavy atom. The van der Waals surface area contributed by atoms with Crippen LogP contribution in [-0.4, -0.2) is 44.2 Å². The van der Waals surface area contributed by atoms with Crippen molar-refractivity contribution in [2.75, 3.05) is 18.0 Å². The SMILES string of the molecule is CC1(NC(=O)c2ccccc2)CCN(c2ccc(-c3cc(O)cn4ncc(C#N)c34)cn2)CC1. The molecule has 1 aromatic carbocycles. The zero-order valence-electron chi connectivity index (χ0n) is 18.8. The molecule has 5 rings (SSSR count). The number of aromatic nitrogens is 3. The molecule has 8 nitrogen and oxygen atoms in total. The second-order valence-corrected chi connectivity index (χ2v) is 8.85. The molecule has 0 unspecified atom stereocenters. The summed E-state index contributed by atoms with van der Waals surface area (Å²) >= 11 is 0. The molecule has 0 atom stereocenters. The Bertz CT molecular complexity index is 1380. The summed E-state index contributed by atoms with van der Waals surface area (Å²) in [5.41, 5.74) is 2.96. The maximum atomic E-state index is 12.6. The summed E-state index contributed by atoms with van der Waals surface area (Å²) in [6.45, 7) is 3.64. The van der Waals surface area contributed by atoms with Gasteiger partial charge < -0.3 is 15.3 Å². The maximum absolute atomic E-state index is 12.6. The molecular formula is C26H24N6O2. The third-order valence-corrected chi connectivity index (χ3v) is 6.42. The number of aromatic hydroxyl groups is 1. The van der Waals surface area contributed by atoms with Crippen molar-refractivity contribution >= 4 is 17.2 Å². The van der Waals surface area contributed by atoms with E-state index in [2.05, 4.69) is 33.3 Å². The number of fused-ring (bicyclic) bond motifs is 1. The third kappa shape index (κ3) is 4.04. The molecule has 4 aromatic rings. The summed E-state index contributed by atoms with van der Waals surface area (Å²) < 4.78 is 1.51. The number of rotatable bonds is 4. The van der Waals surface area contributed by atoms with Crippen molar-refractivity contribution in [3.8, 4) is 22.9 Å². The van der Waals surface area contributed by atoms with Crippen molar-refractivity contribution in [2.45, 2.75) is 25.3 Å². The zero-order valence-corrected chi connectivity index (χ0v) is 18.8. The minimum absolute atomic E-state index is 0.0481. The molecule has 3 aromatic heterocycles. The number of carbonyl (C=O) groups excluding carboxylic acids is 1. The van der Waals surface area contributed by atoms with Crippen molar-refractivity contribution in [1.82, 2.24) is 19.9 Å². The van der Waals surface area contributed by atoms with Crippen LogP contribution in [0.3, 0.4) is 0 Å². The van der Waals surface area contributed by atoms with Crippen LogP contribution in [0.1, 0.15) is 35.7 Å². The molecule has 1 aliphatic heterocycles. The van der Waals surface area contributed by atoms with Crippen molar-refractivity contribution in [3.63, 3.8) is 0 Å². The van der Waals surface area contributed by atoms with Gasteiger partial charge in [0.2, 0.25) is 0 Å². The van der Waals surface area contributed by atoms with Crippen LogP contribution in [0.15, 0.2) is 67.1 Å². The monoisotopic (exact) mass is 452 g/mol. The second-order valence-electron chi connectivity index (χ2n) is 8.85. The van der Waals surface area contributed by atoms with Crippen molar-refractivity contribution in [2.24, 2.45) is 0 Å². The fraction of sp³-hybridized carbons (Fsp3) is 0.231. The number of piperidine rings is 1. The smallest absolute Gasteiger partial charge is 0.251 e. The largest absolute Gasteiger partial charge is 0.506 e. The van der Waals surface area contributed by atoms with Crippen LogP contribution in [-0.2, 0) is 0 Å². The van der Waals surface area contributed by atoms with Gasteiger partial charge in [-0.1, -0.05) is 18.2 Å². The fourth-order valence-corrected chi connectivity index (χ4v) is 4.43. The predicted molar refractivity (Wildman–Crippen MR) is 129 cm³/mol. The Labute approximate surface area is 197 Å². The number of hydrogen-bond acceptors (Lipinski definition) is 6. The summed E-state index contributed by atoms with van der Waals surface area (Å²) in [6.07, 6.45) is 6.33. The molecule has 8 heteroatoms. The lowest BCUT2D eigenvalue weighted by atomic mass is 9.89. The van der Waals surface area contributed by atoms with Gasteiger partial charge in [-0.25, -0.2) is 9.50 Å². The highest BCUT2D eigenvalue weighted by atomic mass is 16.3. The van der Waals surface area contributed by atoms with E-state index in [9.17, 15) is 15.2 Å². The topological polar surface area (TPSA) is 107 Å². The molecule has 0 radical (unpaired) electrons. The van der Waals surface area contributed by atoms with Crippen LogP contribution in [0.4, 0.5) is 5.82 Å². The van der Waals surface area contributed by atoms with E-state index >= 15 is 0 Å². The highest BCUT2D eigenvalue weighted by molar-refractivity contribution is 5.94. The number of nitriles is 1. The van der Waals surface area contributed by atoms with Crippen molar-refractivity contribution in [1.29, 1.82) is 5.26 Å². The number of carbonyl (C=O) groups is 1. The number of hydrogen-bond donors (Lipinski definition) is 2. The summed E-state index contributed by atoms with van der Waals surface area (Å²) in [4.78, 5) is 19.5. The van der Waals surface area contributed by atoms with Gasteiger partial charge in [0.25, 0.3) is 5.91 Å². The van der Waals surface area contributed by atoms with Crippen molar-refractivity contribution in [3.05, 3.63) is 78.2 Å². The van der Waals surface area contributed by atoms with Gasteiger partial charge >= 0.3 is 0 Å². The number of benzene rings is 1. The highest BCUT2D eigenvalue weighted by Crippen LogP contribution is 2.31. The van der Waals surface area contributed by atoms with E-state index in [1.165, 1.54) is 16.9 Å². The first kappa shape index (κ1) is 21.5. The van der Waals surface area contributed by atoms with E-state index in [1.54, 1.807) is 12.3 Å². The van der Waals surface area contributed by atoms with Crippen LogP contribution in [0, 0.1) is 11.3 Å². The summed E-state index contributed by atoms with van der Waals surface area (Å²) in [7, 11) is 0. The average Bonchev–Trinajstić information content (AvgIpc) is 3.27. The molecule has 2 N–H and O–H groups in total. The Morgan fingerprint density at radius 2 is 1.91 bits per heavy atom. The average molecular weight is 453 g/mol. The second kappa shape index (κ2) is 8.52. The van der Waals surface area contributed by atoms with E-state index < -0.39 is 0 Å². The number of nitrogens with zero attached hydrogens (tertiary/aromatic N) is 5. The first-order chi connectivity index (χ1) is 16.5. The summed E-state index contributed by atoms with van der Waals surface area (Å²) in [6, 6.07) is 16.9. The third-order valence-electron chi connectivity index (χ3n) is 6.42. The summed E-state index contributed by atoms with van der Waals surface area (Å²) in [5, 5.41) is 26.9. The van der Waals surface area contributed by atoms with Crippen LogP contribution in [0.2, 0.25) is 0 Å². The van der Waals surface area contributed by atoms with Crippen LogP contribution >= 0.6 is 0 Å². The standard InChI is InChI=1S/C26H24N6O2/c1-26(30-25(34)18-5-3-2-4-6-18)9-11-31(12-10-26)23-8-7-19(15-28-23)22-13-21(33)17-32-24(22)20(14-27)16-29-32/h2-8,13,15-17,33H,9-12H2,1H3,(H,30,34). The fourth-order valence-electron chi connectivity index (χ4n) is 4.43. The van der Waals surface area contributed by atoms with Gasteiger partial charge in [0.05, 0.1) is 23.5 Å². The molecule has 1 aliphatic rings. The molecule has 0 bridgehead atoms. The van der Waals surface area contributed by atoms with Crippen LogP contribution in [0.5, 0.6) is 5.75 Å². The Hall–Kier alpha value is -4.38. The first-order valence-electron chi connectivity index (χ1n) is 11.2. The van der Waals surface area contributed by atoms with Crippen LogP contribution < -0.4 is 10.2 Å². The minimum Gasteiger partial charge on any atom is -0.506 e. The lowest BCUT2D eigenvalue weighted by Crippen LogP contribution is -2.53. The maximum Gasteiger partial charge on any atom is 0.251 e. The van der Waals surface area contributed by atoms with Gasteiger partial charge in [-0.15, -0.1) is 0 Å². The highest BCUT2D eigenvalue weighted by Gasteiger charge is 2.32. The Balaban J connectivity index is 1.30. The normalized spacial score (nSPS) is 15.1. The van der Waals surface area contributed by atoms with E-state index in [1.807, 2.05) is 42.5 Å². The molecule has 1 fully saturated rings. The van der Waals surface area contributed by atoms with Gasteiger partial charge in [0, 0.05) is 41.5 Å². The van der Waals surface area contributed by atoms with E-state index in [-0.39, 0.29) is 17.2 Å². The van der Waals surface area contributed by atoms with Crippen molar-refractivity contribution < 1.29 is 9.90 Å². The van der Waals surface area contributed by atoms with Gasteiger partial charge in [-0.2, -0.15) is 10.4 Å². The lowest BCUT2D eigenvalue weighted by Gasteiger charge is -2.40. The molecule has 0 spiro atoms.